The number of ether oxygens (including phenoxy) is 4. The predicted octanol–water partition coefficient (Wildman–Crippen LogP) is 3.59. The maximum absolute atomic E-state index is 13.3. The zero-order valence-corrected chi connectivity index (χ0v) is 22.6. The van der Waals surface area contributed by atoms with Crippen LogP contribution in [0.3, 0.4) is 0 Å². The molecular formula is C22H23ClN6O6S2. The number of para-hydroxylation sites is 1. The number of nitrogens with zero attached hydrogens (tertiary/aromatic N) is 5. The summed E-state index contributed by atoms with van der Waals surface area (Å²) in [5, 5.41) is 8.78. The average Bonchev–Trinajstić information content (AvgIpc) is 3.52. The Hall–Kier alpha value is -3.46. The molecule has 12 nitrogen and oxygen atoms in total. The third-order valence-electron chi connectivity index (χ3n) is 5.12. The first kappa shape index (κ1) is 26.6. The van der Waals surface area contributed by atoms with Crippen molar-refractivity contribution in [3.05, 3.63) is 51.9 Å². The van der Waals surface area contributed by atoms with Crippen molar-refractivity contribution >= 4 is 38.9 Å². The normalized spacial score (nSPS) is 12.2. The molecule has 0 saturated carbocycles. The molecule has 37 heavy (non-hydrogen) atoms. The Bertz CT molecular complexity index is 1470. The second-order valence-electron chi connectivity index (χ2n) is 7.37. The number of halogens is 1. The lowest BCUT2D eigenvalue weighted by atomic mass is 10.2. The van der Waals surface area contributed by atoms with E-state index in [2.05, 4.69) is 24.9 Å². The second kappa shape index (κ2) is 11.3. The van der Waals surface area contributed by atoms with Gasteiger partial charge in [-0.3, -0.25) is 9.29 Å². The smallest absolute Gasteiger partial charge is 0.243 e. The Morgan fingerprint density at radius 2 is 1.73 bits per heavy atom. The minimum absolute atomic E-state index is 0.116. The fourth-order valence-corrected chi connectivity index (χ4v) is 5.77. The van der Waals surface area contributed by atoms with Crippen molar-refractivity contribution < 1.29 is 27.4 Å². The van der Waals surface area contributed by atoms with E-state index in [9.17, 15) is 8.42 Å². The highest BCUT2D eigenvalue weighted by Gasteiger charge is 2.28. The van der Waals surface area contributed by atoms with Gasteiger partial charge in [0.1, 0.15) is 44.1 Å². The molecule has 3 heterocycles. The molecule has 0 fully saturated rings. The maximum Gasteiger partial charge on any atom is 0.243 e. The van der Waals surface area contributed by atoms with Gasteiger partial charge in [-0.1, -0.05) is 23.7 Å². The lowest BCUT2D eigenvalue weighted by Crippen LogP contribution is -2.24. The number of hydrogen-bond donors (Lipinski definition) is 1. The lowest BCUT2D eigenvalue weighted by molar-refractivity contribution is 0.121. The Labute approximate surface area is 222 Å². The molecule has 0 aliphatic carbocycles. The van der Waals surface area contributed by atoms with Crippen LogP contribution in [0.5, 0.6) is 17.4 Å². The van der Waals surface area contributed by atoms with Gasteiger partial charge in [0.15, 0.2) is 5.82 Å². The van der Waals surface area contributed by atoms with Crippen LogP contribution in [0.1, 0.15) is 11.1 Å². The predicted molar refractivity (Wildman–Crippen MR) is 139 cm³/mol. The van der Waals surface area contributed by atoms with Crippen LogP contribution in [-0.2, 0) is 14.8 Å². The molecule has 0 aliphatic rings. The summed E-state index contributed by atoms with van der Waals surface area (Å²) in [6, 6.07) is 10.2. The van der Waals surface area contributed by atoms with Crippen LogP contribution < -0.4 is 18.9 Å². The fraction of sp³-hybridized carbons (Fsp3) is 0.273. The molecule has 0 unspecified atom stereocenters. The van der Waals surface area contributed by atoms with Crippen molar-refractivity contribution in [2.45, 2.75) is 6.10 Å². The lowest BCUT2D eigenvalue weighted by Gasteiger charge is -2.18. The topological polar surface area (TPSA) is 140 Å². The first-order valence-electron chi connectivity index (χ1n) is 10.6. The summed E-state index contributed by atoms with van der Waals surface area (Å²) in [7, 11) is 1.81. The summed E-state index contributed by atoms with van der Waals surface area (Å²) in [6.07, 6.45) is 0.581. The number of sulfonamides is 1. The summed E-state index contributed by atoms with van der Waals surface area (Å²) in [5.41, 5.74) is 0.738. The zero-order chi connectivity index (χ0) is 26.6. The molecule has 0 radical (unpaired) electrons. The molecule has 0 saturated heterocycles. The third-order valence-corrected chi connectivity index (χ3v) is 7.57. The van der Waals surface area contributed by atoms with Gasteiger partial charge in [0.2, 0.25) is 21.9 Å². The van der Waals surface area contributed by atoms with Crippen LogP contribution in [-0.4, -0.2) is 67.3 Å². The summed E-state index contributed by atoms with van der Waals surface area (Å²) in [5.74, 6) is 0.762. The molecule has 3 aromatic heterocycles. The van der Waals surface area contributed by atoms with E-state index in [-0.39, 0.29) is 11.8 Å². The van der Waals surface area contributed by atoms with E-state index in [1.807, 2.05) is 0 Å². The maximum atomic E-state index is 13.3. The highest BCUT2D eigenvalue weighted by Crippen LogP contribution is 2.38. The SMILES string of the molecule is COc1cccc(-c2nnc(NS(=O)(=O)C[C@@H](OC)c3ncc(Cl)s3)n2-c2c(OC)cccc2OC)n1. The first-order chi connectivity index (χ1) is 17.8. The van der Waals surface area contributed by atoms with E-state index >= 15 is 0 Å². The standard InChI is InChI=1S/C22H23ClN6O6S2/c1-32-14-8-6-9-15(33-2)19(14)29-20(13-7-5-10-18(25-13)35-4)26-27-22(29)28-37(30,31)12-16(34-3)21-24-11-17(23)36-21/h5-11,16H,12H2,1-4H3,(H,27,28)/t16-/m1/s1. The second-order valence-corrected chi connectivity index (χ2v) is 10.8. The number of aromatic nitrogens is 5. The van der Waals surface area contributed by atoms with Gasteiger partial charge >= 0.3 is 0 Å². The number of methoxy groups -OCH3 is 4. The quantitative estimate of drug-likeness (QED) is 0.286. The summed E-state index contributed by atoms with van der Waals surface area (Å²) >= 11 is 7.10. The Morgan fingerprint density at radius 1 is 1.03 bits per heavy atom. The molecule has 196 valence electrons. The van der Waals surface area contributed by atoms with Gasteiger partial charge in [0.25, 0.3) is 0 Å². The molecule has 0 spiro atoms. The Balaban J connectivity index is 1.83. The Kier molecular flexibility index (Phi) is 8.12. The molecule has 0 aliphatic heterocycles. The highest BCUT2D eigenvalue weighted by atomic mass is 35.5. The van der Waals surface area contributed by atoms with Gasteiger partial charge in [0.05, 0.1) is 27.5 Å². The number of nitrogens with one attached hydrogen (secondary N) is 1. The first-order valence-corrected chi connectivity index (χ1v) is 13.5. The molecule has 1 atom stereocenters. The van der Waals surface area contributed by atoms with Crippen LogP contribution in [0.15, 0.2) is 42.6 Å². The summed E-state index contributed by atoms with van der Waals surface area (Å²) in [6.45, 7) is 0. The van der Waals surface area contributed by atoms with Crippen LogP contribution in [0.2, 0.25) is 4.34 Å². The number of thiazole rings is 1. The molecule has 15 heteroatoms. The number of benzene rings is 1. The van der Waals surface area contributed by atoms with E-state index in [4.69, 9.17) is 30.5 Å². The highest BCUT2D eigenvalue weighted by molar-refractivity contribution is 7.92. The average molecular weight is 567 g/mol. The molecule has 1 N–H and O–H groups in total. The van der Waals surface area contributed by atoms with E-state index < -0.39 is 21.9 Å². The molecular weight excluding hydrogens is 544 g/mol. The van der Waals surface area contributed by atoms with Crippen molar-refractivity contribution in [1.29, 1.82) is 0 Å². The van der Waals surface area contributed by atoms with Crippen molar-refractivity contribution in [2.75, 3.05) is 38.9 Å². The van der Waals surface area contributed by atoms with Crippen LogP contribution in [0, 0.1) is 0 Å². The summed E-state index contributed by atoms with van der Waals surface area (Å²) in [4.78, 5) is 8.56. The minimum Gasteiger partial charge on any atom is -0.494 e. The minimum atomic E-state index is -4.04. The fourth-order valence-electron chi connectivity index (χ4n) is 3.47. The van der Waals surface area contributed by atoms with Crippen molar-refractivity contribution in [3.63, 3.8) is 0 Å². The molecule has 0 amide bonds. The molecule has 0 bridgehead atoms. The van der Waals surface area contributed by atoms with E-state index in [1.54, 1.807) is 36.4 Å². The van der Waals surface area contributed by atoms with Gasteiger partial charge in [-0.25, -0.2) is 18.4 Å². The van der Waals surface area contributed by atoms with Gasteiger partial charge in [-0.15, -0.1) is 21.5 Å². The van der Waals surface area contributed by atoms with Crippen molar-refractivity contribution in [1.82, 2.24) is 24.7 Å². The van der Waals surface area contributed by atoms with E-state index in [0.29, 0.717) is 38.1 Å². The van der Waals surface area contributed by atoms with E-state index in [0.717, 1.165) is 11.3 Å². The van der Waals surface area contributed by atoms with E-state index in [1.165, 1.54) is 39.2 Å². The van der Waals surface area contributed by atoms with Gasteiger partial charge < -0.3 is 18.9 Å². The van der Waals surface area contributed by atoms with Crippen LogP contribution >= 0.6 is 22.9 Å². The largest absolute Gasteiger partial charge is 0.494 e. The van der Waals surface area contributed by atoms with Gasteiger partial charge in [-0.2, -0.15) is 0 Å². The third kappa shape index (κ3) is 5.77. The van der Waals surface area contributed by atoms with Crippen molar-refractivity contribution in [2.24, 2.45) is 0 Å². The molecule has 4 rings (SSSR count). The Morgan fingerprint density at radius 3 is 2.32 bits per heavy atom. The van der Waals surface area contributed by atoms with Gasteiger partial charge in [0, 0.05) is 13.2 Å². The van der Waals surface area contributed by atoms with Crippen LogP contribution in [0.25, 0.3) is 17.2 Å². The number of anilines is 1. The zero-order valence-electron chi connectivity index (χ0n) is 20.2. The number of rotatable bonds is 11. The number of hydrogen-bond acceptors (Lipinski definition) is 11. The summed E-state index contributed by atoms with van der Waals surface area (Å²) < 4.78 is 52.6. The van der Waals surface area contributed by atoms with Crippen LogP contribution in [0.4, 0.5) is 5.95 Å². The molecule has 1 aromatic carbocycles. The monoisotopic (exact) mass is 566 g/mol. The van der Waals surface area contributed by atoms with Gasteiger partial charge in [-0.05, 0) is 18.2 Å². The molecule has 4 aromatic rings. The number of pyridine rings is 1. The van der Waals surface area contributed by atoms with Crippen molar-refractivity contribution in [3.8, 4) is 34.6 Å².